The number of esters is 1. The molecule has 98 valence electrons. The first-order valence-corrected chi connectivity index (χ1v) is 6.46. The van der Waals surface area contributed by atoms with E-state index in [1.807, 2.05) is 4.90 Å². The van der Waals surface area contributed by atoms with Crippen molar-refractivity contribution < 1.29 is 14.3 Å². The quantitative estimate of drug-likeness (QED) is 0.707. The molecular formula is C13H23NO3. The van der Waals surface area contributed by atoms with E-state index in [2.05, 4.69) is 6.92 Å². The van der Waals surface area contributed by atoms with Gasteiger partial charge in [0.25, 0.3) is 0 Å². The summed E-state index contributed by atoms with van der Waals surface area (Å²) in [6.07, 6.45) is 4.20. The summed E-state index contributed by atoms with van der Waals surface area (Å²) in [5.74, 6) is 0.160. The molecule has 2 unspecified atom stereocenters. The normalized spacial score (nSPS) is 22.1. The molecule has 0 N–H and O–H groups in total. The van der Waals surface area contributed by atoms with E-state index in [9.17, 15) is 9.59 Å². The zero-order valence-electron chi connectivity index (χ0n) is 11.1. The number of likely N-dealkylation sites (tertiary alicyclic amines) is 1. The fourth-order valence-corrected chi connectivity index (χ4v) is 2.56. The summed E-state index contributed by atoms with van der Waals surface area (Å²) in [6, 6.07) is 0.241. The molecule has 4 heteroatoms. The fraction of sp³-hybridized carbons (Fsp3) is 0.846. The van der Waals surface area contributed by atoms with Gasteiger partial charge in [0.2, 0.25) is 5.91 Å². The number of amides is 1. The molecule has 0 aromatic rings. The zero-order chi connectivity index (χ0) is 12.8. The molecule has 1 fully saturated rings. The van der Waals surface area contributed by atoms with Crippen LogP contribution in [-0.4, -0.2) is 36.0 Å². The third-order valence-corrected chi connectivity index (χ3v) is 3.52. The molecule has 0 radical (unpaired) electrons. The van der Waals surface area contributed by atoms with Gasteiger partial charge in [-0.1, -0.05) is 6.92 Å². The summed E-state index contributed by atoms with van der Waals surface area (Å²) >= 11 is 0. The Bertz CT molecular complexity index is 278. The predicted octanol–water partition coefficient (Wildman–Crippen LogP) is 1.98. The Morgan fingerprint density at radius 1 is 1.35 bits per heavy atom. The highest BCUT2D eigenvalue weighted by atomic mass is 16.5. The van der Waals surface area contributed by atoms with Crippen LogP contribution in [0, 0.1) is 5.92 Å². The minimum Gasteiger partial charge on any atom is -0.465 e. The second-order valence-corrected chi connectivity index (χ2v) is 4.75. The SMILES string of the molecule is CCC(COC(C)=O)C1CCCCN1C(C)=O. The lowest BCUT2D eigenvalue weighted by molar-refractivity contribution is -0.144. The first-order valence-electron chi connectivity index (χ1n) is 6.46. The highest BCUT2D eigenvalue weighted by molar-refractivity contribution is 5.73. The van der Waals surface area contributed by atoms with Crippen molar-refractivity contribution >= 4 is 11.9 Å². The van der Waals surface area contributed by atoms with Gasteiger partial charge in [-0.15, -0.1) is 0 Å². The van der Waals surface area contributed by atoms with Crippen molar-refractivity contribution in [3.63, 3.8) is 0 Å². The van der Waals surface area contributed by atoms with E-state index in [4.69, 9.17) is 4.74 Å². The number of rotatable bonds is 4. The number of hydrogen-bond acceptors (Lipinski definition) is 3. The lowest BCUT2D eigenvalue weighted by atomic mass is 9.89. The van der Waals surface area contributed by atoms with E-state index in [1.54, 1.807) is 6.92 Å². The van der Waals surface area contributed by atoms with Crippen LogP contribution in [-0.2, 0) is 14.3 Å². The van der Waals surface area contributed by atoms with Crippen molar-refractivity contribution in [3.05, 3.63) is 0 Å². The topological polar surface area (TPSA) is 46.6 Å². The third-order valence-electron chi connectivity index (χ3n) is 3.52. The van der Waals surface area contributed by atoms with Crippen LogP contribution in [0.2, 0.25) is 0 Å². The van der Waals surface area contributed by atoms with Gasteiger partial charge in [-0.05, 0) is 25.7 Å². The summed E-state index contributed by atoms with van der Waals surface area (Å²) < 4.78 is 5.10. The molecule has 2 atom stereocenters. The Labute approximate surface area is 103 Å². The number of piperidine rings is 1. The number of carbonyl (C=O) groups is 2. The Morgan fingerprint density at radius 2 is 2.06 bits per heavy atom. The highest BCUT2D eigenvalue weighted by Crippen LogP contribution is 2.25. The smallest absolute Gasteiger partial charge is 0.302 e. The molecule has 1 aliphatic rings. The molecule has 1 aliphatic heterocycles. The van der Waals surface area contributed by atoms with Gasteiger partial charge in [0, 0.05) is 32.4 Å². The average Bonchev–Trinajstić information content (AvgIpc) is 2.30. The number of hydrogen-bond donors (Lipinski definition) is 0. The van der Waals surface area contributed by atoms with Crippen LogP contribution >= 0.6 is 0 Å². The monoisotopic (exact) mass is 241 g/mol. The lowest BCUT2D eigenvalue weighted by Crippen LogP contribution is -2.47. The molecule has 1 saturated heterocycles. The molecule has 1 heterocycles. The van der Waals surface area contributed by atoms with E-state index in [0.717, 1.165) is 32.2 Å². The first kappa shape index (κ1) is 14.0. The third kappa shape index (κ3) is 4.02. The Hall–Kier alpha value is -1.06. The Morgan fingerprint density at radius 3 is 2.59 bits per heavy atom. The largest absolute Gasteiger partial charge is 0.465 e. The van der Waals surface area contributed by atoms with Gasteiger partial charge in [0.1, 0.15) is 0 Å². The van der Waals surface area contributed by atoms with Crippen LogP contribution in [0.25, 0.3) is 0 Å². The maximum Gasteiger partial charge on any atom is 0.302 e. The van der Waals surface area contributed by atoms with E-state index in [1.165, 1.54) is 6.92 Å². The van der Waals surface area contributed by atoms with E-state index in [-0.39, 0.29) is 23.8 Å². The molecule has 0 aromatic heterocycles. The van der Waals surface area contributed by atoms with Gasteiger partial charge in [-0.3, -0.25) is 9.59 Å². The second-order valence-electron chi connectivity index (χ2n) is 4.75. The zero-order valence-corrected chi connectivity index (χ0v) is 11.1. The van der Waals surface area contributed by atoms with Crippen LogP contribution in [0.15, 0.2) is 0 Å². The summed E-state index contributed by atoms with van der Waals surface area (Å²) in [5.41, 5.74) is 0. The molecule has 1 amide bonds. The lowest BCUT2D eigenvalue weighted by Gasteiger charge is -2.39. The summed E-state index contributed by atoms with van der Waals surface area (Å²) in [5, 5.41) is 0. The van der Waals surface area contributed by atoms with Crippen molar-refractivity contribution in [3.8, 4) is 0 Å². The average molecular weight is 241 g/mol. The van der Waals surface area contributed by atoms with Crippen LogP contribution in [0.1, 0.15) is 46.5 Å². The van der Waals surface area contributed by atoms with Crippen LogP contribution in [0.5, 0.6) is 0 Å². The molecule has 0 aliphatic carbocycles. The Balaban J connectivity index is 2.63. The van der Waals surface area contributed by atoms with Gasteiger partial charge in [-0.2, -0.15) is 0 Å². The maximum atomic E-state index is 11.6. The minimum atomic E-state index is -0.242. The molecule has 1 rings (SSSR count). The van der Waals surface area contributed by atoms with E-state index >= 15 is 0 Å². The first-order chi connectivity index (χ1) is 8.06. The van der Waals surface area contributed by atoms with Gasteiger partial charge >= 0.3 is 5.97 Å². The summed E-state index contributed by atoms with van der Waals surface area (Å²) in [4.78, 5) is 24.4. The maximum absolute atomic E-state index is 11.6. The predicted molar refractivity (Wildman–Crippen MR) is 65.4 cm³/mol. The van der Waals surface area contributed by atoms with Crippen LogP contribution in [0.4, 0.5) is 0 Å². The minimum absolute atomic E-state index is 0.135. The molecule has 0 aromatic carbocycles. The van der Waals surface area contributed by atoms with Crippen LogP contribution in [0.3, 0.4) is 0 Å². The van der Waals surface area contributed by atoms with E-state index < -0.39 is 0 Å². The summed E-state index contributed by atoms with van der Waals surface area (Å²) in [6.45, 7) is 6.41. The second kappa shape index (κ2) is 6.62. The van der Waals surface area contributed by atoms with Crippen molar-refractivity contribution in [1.82, 2.24) is 4.90 Å². The van der Waals surface area contributed by atoms with Gasteiger partial charge in [-0.25, -0.2) is 0 Å². The van der Waals surface area contributed by atoms with Gasteiger partial charge in [0.15, 0.2) is 0 Å². The highest BCUT2D eigenvalue weighted by Gasteiger charge is 2.30. The van der Waals surface area contributed by atoms with Crippen molar-refractivity contribution in [2.24, 2.45) is 5.92 Å². The van der Waals surface area contributed by atoms with Crippen molar-refractivity contribution in [2.45, 2.75) is 52.5 Å². The standard InChI is InChI=1S/C13H23NO3/c1-4-12(9-17-11(3)16)13-7-5-6-8-14(13)10(2)15/h12-13H,4-9H2,1-3H3. The fourth-order valence-electron chi connectivity index (χ4n) is 2.56. The number of ether oxygens (including phenoxy) is 1. The molecule has 17 heavy (non-hydrogen) atoms. The van der Waals surface area contributed by atoms with E-state index in [0.29, 0.717) is 6.61 Å². The number of carbonyl (C=O) groups excluding carboxylic acids is 2. The molecule has 0 saturated carbocycles. The summed E-state index contributed by atoms with van der Waals surface area (Å²) in [7, 11) is 0. The molecule has 0 bridgehead atoms. The molecular weight excluding hydrogens is 218 g/mol. The van der Waals surface area contributed by atoms with Crippen LogP contribution < -0.4 is 0 Å². The molecule has 4 nitrogen and oxygen atoms in total. The molecule has 0 spiro atoms. The number of nitrogens with zero attached hydrogens (tertiary/aromatic N) is 1. The van der Waals surface area contributed by atoms with Crippen molar-refractivity contribution in [2.75, 3.05) is 13.2 Å². The van der Waals surface area contributed by atoms with Crippen molar-refractivity contribution in [1.29, 1.82) is 0 Å². The van der Waals surface area contributed by atoms with Gasteiger partial charge < -0.3 is 9.64 Å². The Kier molecular flexibility index (Phi) is 5.45. The van der Waals surface area contributed by atoms with Gasteiger partial charge in [0.05, 0.1) is 6.61 Å².